The van der Waals surface area contributed by atoms with Crippen molar-refractivity contribution < 1.29 is 4.79 Å². The molecule has 0 aliphatic rings. The second-order valence-electron chi connectivity index (χ2n) is 7.17. The maximum Gasteiger partial charge on any atom is 0.219 e. The van der Waals surface area contributed by atoms with E-state index in [1.54, 1.807) is 11.8 Å². The predicted octanol–water partition coefficient (Wildman–Crippen LogP) is 4.00. The molecular formula is C22H45N5O. The molecule has 6 N–H and O–H groups in total. The molecule has 0 aliphatic heterocycles. The van der Waals surface area contributed by atoms with Gasteiger partial charge in [0.1, 0.15) is 0 Å². The van der Waals surface area contributed by atoms with Crippen molar-refractivity contribution in [2.75, 3.05) is 47.8 Å². The van der Waals surface area contributed by atoms with Gasteiger partial charge >= 0.3 is 0 Å². The number of hydrogen-bond donors (Lipinski definition) is 2. The van der Waals surface area contributed by atoms with E-state index in [9.17, 15) is 4.79 Å². The zero-order chi connectivity index (χ0) is 20.1. The number of aryl methyl sites for hydroxylation is 2. The zero-order valence-corrected chi connectivity index (χ0v) is 19.4. The van der Waals surface area contributed by atoms with Crippen LogP contribution in [0.4, 0.5) is 0 Å². The fraction of sp³-hybridized carbons (Fsp3) is 0.591. The van der Waals surface area contributed by atoms with Crippen LogP contribution in [0.25, 0.3) is 0 Å². The Morgan fingerprint density at radius 1 is 0.857 bits per heavy atom. The minimum Gasteiger partial charge on any atom is -0.379 e. The third-order valence-electron chi connectivity index (χ3n) is 4.46. The summed E-state index contributed by atoms with van der Waals surface area (Å²) < 4.78 is 0. The predicted molar refractivity (Wildman–Crippen MR) is 123 cm³/mol. The molecule has 1 amide bonds. The van der Waals surface area contributed by atoms with E-state index in [0.717, 1.165) is 38.2 Å². The molecule has 0 radical (unpaired) electrons. The minimum absolute atomic E-state index is 0. The largest absolute Gasteiger partial charge is 0.379 e. The first kappa shape index (κ1) is 30.8. The fourth-order valence-corrected chi connectivity index (χ4v) is 2.16. The molecule has 0 unspecified atom stereocenters. The Kier molecular flexibility index (Phi) is 19.0. The van der Waals surface area contributed by atoms with Gasteiger partial charge in [0.2, 0.25) is 5.91 Å². The van der Waals surface area contributed by atoms with Crippen molar-refractivity contribution in [1.82, 2.24) is 27.0 Å². The number of carbonyl (C=O) groups excluding carboxylic acids is 1. The first-order chi connectivity index (χ1) is 12.2. The van der Waals surface area contributed by atoms with Crippen LogP contribution in [0.15, 0.2) is 36.5 Å². The van der Waals surface area contributed by atoms with Crippen LogP contribution < -0.4 is 12.3 Å². The van der Waals surface area contributed by atoms with Crippen molar-refractivity contribution in [3.05, 3.63) is 47.7 Å². The Bertz CT molecular complexity index is 528. The smallest absolute Gasteiger partial charge is 0.219 e. The topological polar surface area (TPSA) is 96.8 Å². The van der Waals surface area contributed by atoms with Gasteiger partial charge in [0.15, 0.2) is 0 Å². The molecule has 0 aliphatic carbocycles. The summed E-state index contributed by atoms with van der Waals surface area (Å²) in [5.41, 5.74) is 4.00. The molecule has 164 valence electrons. The average molecular weight is 396 g/mol. The van der Waals surface area contributed by atoms with E-state index < -0.39 is 0 Å². The molecule has 0 fully saturated rings. The van der Waals surface area contributed by atoms with Crippen molar-refractivity contribution in [2.45, 2.75) is 40.0 Å². The second kappa shape index (κ2) is 17.2. The van der Waals surface area contributed by atoms with Gasteiger partial charge in [-0.25, -0.2) is 0 Å². The summed E-state index contributed by atoms with van der Waals surface area (Å²) in [4.78, 5) is 16.6. The molecule has 1 aromatic rings. The Hall–Kier alpha value is -1.89. The molecular weight excluding hydrogens is 350 g/mol. The average Bonchev–Trinajstić information content (AvgIpc) is 2.60. The van der Waals surface area contributed by atoms with Crippen LogP contribution in [-0.2, 0) is 17.6 Å². The molecule has 1 aromatic carbocycles. The summed E-state index contributed by atoms with van der Waals surface area (Å²) in [7, 11) is 7.90. The van der Waals surface area contributed by atoms with Gasteiger partial charge in [-0.05, 0) is 51.4 Å². The number of hydrogen-bond acceptors (Lipinski definition) is 5. The summed E-state index contributed by atoms with van der Waals surface area (Å²) in [6.45, 7) is 12.6. The van der Waals surface area contributed by atoms with E-state index in [2.05, 4.69) is 61.5 Å². The molecule has 0 heterocycles. The van der Waals surface area contributed by atoms with Crippen molar-refractivity contribution in [2.24, 2.45) is 0 Å². The molecule has 6 heteroatoms. The lowest BCUT2D eigenvalue weighted by molar-refractivity contribution is -0.127. The van der Waals surface area contributed by atoms with Gasteiger partial charge in [0.05, 0.1) is 0 Å². The maximum atomic E-state index is 10.7. The van der Waals surface area contributed by atoms with Crippen molar-refractivity contribution in [1.29, 1.82) is 0 Å². The third-order valence-corrected chi connectivity index (χ3v) is 4.46. The Morgan fingerprint density at radius 2 is 1.36 bits per heavy atom. The summed E-state index contributed by atoms with van der Waals surface area (Å²) >= 11 is 0. The number of likely N-dealkylation sites (N-methyl/N-ethyl adjacent to an activating group) is 2. The summed E-state index contributed by atoms with van der Waals surface area (Å²) in [6.07, 6.45) is 3.47. The number of rotatable bonds is 9. The van der Waals surface area contributed by atoms with Gasteiger partial charge in [-0.15, -0.1) is 0 Å². The fourth-order valence-electron chi connectivity index (χ4n) is 2.16. The number of nitrogens with zero attached hydrogens (tertiary/aromatic N) is 3. The van der Waals surface area contributed by atoms with Crippen molar-refractivity contribution in [3.8, 4) is 0 Å². The minimum atomic E-state index is 0. The van der Waals surface area contributed by atoms with E-state index in [4.69, 9.17) is 0 Å². The number of allylic oxidation sites excluding steroid dienone is 1. The molecule has 6 nitrogen and oxygen atoms in total. The highest BCUT2D eigenvalue weighted by Gasteiger charge is 2.00. The van der Waals surface area contributed by atoms with Gasteiger partial charge in [-0.2, -0.15) is 0 Å². The molecule has 1 rings (SSSR count). The highest BCUT2D eigenvalue weighted by atomic mass is 16.2. The molecule has 0 atom stereocenters. The Balaban J connectivity index is -0.000000458. The van der Waals surface area contributed by atoms with Gasteiger partial charge in [-0.1, -0.05) is 37.8 Å². The van der Waals surface area contributed by atoms with E-state index in [-0.39, 0.29) is 18.2 Å². The van der Waals surface area contributed by atoms with E-state index in [1.165, 1.54) is 17.5 Å². The van der Waals surface area contributed by atoms with Crippen LogP contribution in [0.1, 0.15) is 38.3 Å². The summed E-state index contributed by atoms with van der Waals surface area (Å²) in [5.74, 6) is 0.127. The molecule has 0 saturated heterocycles. The lowest BCUT2D eigenvalue weighted by Gasteiger charge is -2.18. The monoisotopic (exact) mass is 395 g/mol. The van der Waals surface area contributed by atoms with Gasteiger partial charge in [-0.3, -0.25) is 4.79 Å². The maximum absolute atomic E-state index is 10.7. The van der Waals surface area contributed by atoms with Crippen molar-refractivity contribution >= 4 is 5.91 Å². The molecule has 0 bridgehead atoms. The number of benzene rings is 1. The highest BCUT2D eigenvalue weighted by Crippen LogP contribution is 2.08. The second-order valence-corrected chi connectivity index (χ2v) is 7.17. The first-order valence-electron chi connectivity index (χ1n) is 9.48. The molecule has 0 saturated carbocycles. The lowest BCUT2D eigenvalue weighted by atomic mass is 10.1. The molecule has 0 aromatic heterocycles. The van der Waals surface area contributed by atoms with Gasteiger partial charge < -0.3 is 27.0 Å². The van der Waals surface area contributed by atoms with Crippen LogP contribution >= 0.6 is 0 Å². The SMILES string of the molecule is C=C(C)N(C)CCCc1ccc(CC)cc1.CC(=O)N(C)CCN(C)C.N.N. The number of carbonyl (C=O) groups is 1. The van der Waals surface area contributed by atoms with Crippen LogP contribution in [0.5, 0.6) is 0 Å². The first-order valence-corrected chi connectivity index (χ1v) is 9.48. The lowest BCUT2D eigenvalue weighted by Crippen LogP contribution is -2.31. The highest BCUT2D eigenvalue weighted by molar-refractivity contribution is 5.72. The van der Waals surface area contributed by atoms with Gasteiger partial charge in [0, 0.05) is 46.4 Å². The van der Waals surface area contributed by atoms with Gasteiger partial charge in [0.25, 0.3) is 0 Å². The van der Waals surface area contributed by atoms with Crippen LogP contribution in [0.3, 0.4) is 0 Å². The molecule has 0 spiro atoms. The Morgan fingerprint density at radius 3 is 1.75 bits per heavy atom. The van der Waals surface area contributed by atoms with E-state index >= 15 is 0 Å². The summed E-state index contributed by atoms with van der Waals surface area (Å²) in [6, 6.07) is 8.97. The van der Waals surface area contributed by atoms with Crippen molar-refractivity contribution in [3.63, 3.8) is 0 Å². The van der Waals surface area contributed by atoms with Crippen LogP contribution in [-0.4, -0.2) is 68.4 Å². The molecule has 28 heavy (non-hydrogen) atoms. The summed E-state index contributed by atoms with van der Waals surface area (Å²) in [5, 5.41) is 0. The van der Waals surface area contributed by atoms with E-state index in [0.29, 0.717) is 0 Å². The normalized spacial score (nSPS) is 9.43. The third kappa shape index (κ3) is 15.2. The van der Waals surface area contributed by atoms with Crippen LogP contribution in [0, 0.1) is 0 Å². The van der Waals surface area contributed by atoms with E-state index in [1.807, 2.05) is 21.1 Å². The quantitative estimate of drug-likeness (QED) is 0.659. The zero-order valence-electron chi connectivity index (χ0n) is 19.4. The Labute approximate surface area is 173 Å². The standard InChI is InChI=1S/C15H23N.C7H16N2O.2H3N/c1-5-14-8-10-15(11-9-14)7-6-12-16(4)13(2)3;1-7(10)9(4)6-5-8(2)3;;/h8-11H,2,5-7,12H2,1,3-4H3;5-6H2,1-4H3;2*1H3. The number of amides is 1. The van der Waals surface area contributed by atoms with Crippen LogP contribution in [0.2, 0.25) is 0 Å².